The molecule has 0 aliphatic carbocycles. The Kier molecular flexibility index (Phi) is 6.60. The van der Waals surface area contributed by atoms with Gasteiger partial charge in [-0.25, -0.2) is 9.97 Å². The Hall–Kier alpha value is -1.79. The molecule has 3 rings (SSSR count). The number of thioether (sulfide) groups is 1. The number of hydrogen-bond donors (Lipinski definition) is 1. The Labute approximate surface area is 176 Å². The topological polar surface area (TPSA) is 54.9 Å². The van der Waals surface area contributed by atoms with Crippen molar-refractivity contribution >= 4 is 58.2 Å². The summed E-state index contributed by atoms with van der Waals surface area (Å²) < 4.78 is 0. The van der Waals surface area contributed by atoms with Gasteiger partial charge in [-0.2, -0.15) is 0 Å². The lowest BCUT2D eigenvalue weighted by Crippen LogP contribution is -2.14. The van der Waals surface area contributed by atoms with Crippen LogP contribution < -0.4 is 5.32 Å². The number of halogens is 3. The van der Waals surface area contributed by atoms with E-state index in [-0.39, 0.29) is 11.7 Å². The molecule has 0 saturated heterocycles. The highest BCUT2D eigenvalue weighted by Gasteiger charge is 2.10. The van der Waals surface area contributed by atoms with Gasteiger partial charge in [0.2, 0.25) is 5.91 Å². The SMILES string of the molecule is Cc1cc(-c2ccc(Cl)cc2)nc(SCC(=O)Nc2ccc(Cl)cc2Cl)n1. The first-order valence-corrected chi connectivity index (χ1v) is 10.0. The second kappa shape index (κ2) is 8.93. The van der Waals surface area contributed by atoms with Gasteiger partial charge in [0, 0.05) is 21.3 Å². The number of anilines is 1. The van der Waals surface area contributed by atoms with E-state index in [1.165, 1.54) is 11.8 Å². The van der Waals surface area contributed by atoms with E-state index in [0.717, 1.165) is 17.0 Å². The molecule has 1 N–H and O–H groups in total. The Morgan fingerprint density at radius 2 is 1.70 bits per heavy atom. The monoisotopic (exact) mass is 437 g/mol. The van der Waals surface area contributed by atoms with Gasteiger partial charge < -0.3 is 5.32 Å². The van der Waals surface area contributed by atoms with Crippen LogP contribution in [0.25, 0.3) is 11.3 Å². The van der Waals surface area contributed by atoms with E-state index in [1.54, 1.807) is 18.2 Å². The second-order valence-corrected chi connectivity index (χ2v) is 7.87. The average molecular weight is 439 g/mol. The lowest BCUT2D eigenvalue weighted by molar-refractivity contribution is -0.113. The molecule has 1 aromatic heterocycles. The van der Waals surface area contributed by atoms with Crippen LogP contribution in [0.2, 0.25) is 15.1 Å². The van der Waals surface area contributed by atoms with Crippen LogP contribution in [0, 0.1) is 6.92 Å². The highest BCUT2D eigenvalue weighted by Crippen LogP contribution is 2.26. The summed E-state index contributed by atoms with van der Waals surface area (Å²) >= 11 is 19.1. The lowest BCUT2D eigenvalue weighted by atomic mass is 10.1. The Morgan fingerprint density at radius 3 is 2.41 bits per heavy atom. The number of carbonyl (C=O) groups excluding carboxylic acids is 1. The maximum Gasteiger partial charge on any atom is 0.234 e. The normalized spacial score (nSPS) is 10.7. The van der Waals surface area contributed by atoms with Crippen LogP contribution in [-0.4, -0.2) is 21.6 Å². The van der Waals surface area contributed by atoms with Gasteiger partial charge in [-0.1, -0.05) is 58.7 Å². The molecule has 4 nitrogen and oxygen atoms in total. The van der Waals surface area contributed by atoms with Gasteiger partial charge in [0.05, 0.1) is 22.2 Å². The summed E-state index contributed by atoms with van der Waals surface area (Å²) in [6.07, 6.45) is 0. The highest BCUT2D eigenvalue weighted by molar-refractivity contribution is 7.99. The Morgan fingerprint density at radius 1 is 1.00 bits per heavy atom. The van der Waals surface area contributed by atoms with E-state index in [1.807, 2.05) is 37.3 Å². The third-order valence-corrected chi connectivity index (χ3v) is 5.16. The van der Waals surface area contributed by atoms with Gasteiger partial charge >= 0.3 is 0 Å². The number of carbonyl (C=O) groups is 1. The third-order valence-electron chi connectivity index (χ3n) is 3.51. The van der Waals surface area contributed by atoms with Gasteiger partial charge in [0.25, 0.3) is 0 Å². The molecule has 0 fully saturated rings. The van der Waals surface area contributed by atoms with Gasteiger partial charge in [0.1, 0.15) is 0 Å². The van der Waals surface area contributed by atoms with Crippen LogP contribution in [0.1, 0.15) is 5.69 Å². The van der Waals surface area contributed by atoms with E-state index < -0.39 is 0 Å². The summed E-state index contributed by atoms with van der Waals surface area (Å²) in [5.41, 5.74) is 3.05. The summed E-state index contributed by atoms with van der Waals surface area (Å²) in [5.74, 6) is -0.0509. The predicted molar refractivity (Wildman–Crippen MR) is 113 cm³/mol. The second-order valence-electron chi connectivity index (χ2n) is 5.65. The smallest absolute Gasteiger partial charge is 0.234 e. The maximum absolute atomic E-state index is 12.2. The fourth-order valence-electron chi connectivity index (χ4n) is 2.28. The molecule has 138 valence electrons. The van der Waals surface area contributed by atoms with Crippen molar-refractivity contribution in [3.63, 3.8) is 0 Å². The number of benzene rings is 2. The molecule has 0 aliphatic rings. The molecule has 0 unspecified atom stereocenters. The average Bonchev–Trinajstić information content (AvgIpc) is 2.62. The largest absolute Gasteiger partial charge is 0.324 e. The minimum Gasteiger partial charge on any atom is -0.324 e. The van der Waals surface area contributed by atoms with Crippen molar-refractivity contribution in [3.8, 4) is 11.3 Å². The molecule has 2 aromatic carbocycles. The molecule has 1 amide bonds. The van der Waals surface area contributed by atoms with Gasteiger partial charge in [-0.15, -0.1) is 0 Å². The minimum atomic E-state index is -0.206. The number of amides is 1. The number of rotatable bonds is 5. The summed E-state index contributed by atoms with van der Waals surface area (Å²) in [4.78, 5) is 21.1. The zero-order chi connectivity index (χ0) is 19.4. The molecule has 0 radical (unpaired) electrons. The van der Waals surface area contributed by atoms with Crippen molar-refractivity contribution < 1.29 is 4.79 Å². The van der Waals surface area contributed by atoms with Gasteiger partial charge in [-0.05, 0) is 43.3 Å². The number of aryl methyl sites for hydroxylation is 1. The summed E-state index contributed by atoms with van der Waals surface area (Å²) in [6, 6.07) is 14.2. The van der Waals surface area contributed by atoms with Crippen LogP contribution in [0.4, 0.5) is 5.69 Å². The van der Waals surface area contributed by atoms with Crippen molar-refractivity contribution in [2.24, 2.45) is 0 Å². The van der Waals surface area contributed by atoms with E-state index in [4.69, 9.17) is 34.8 Å². The molecule has 8 heteroatoms. The molecule has 3 aromatic rings. The Balaban J connectivity index is 1.68. The van der Waals surface area contributed by atoms with Crippen LogP contribution in [0.3, 0.4) is 0 Å². The van der Waals surface area contributed by atoms with Crippen LogP contribution in [-0.2, 0) is 4.79 Å². The molecule has 0 bridgehead atoms. The zero-order valence-corrected chi connectivity index (χ0v) is 17.3. The fourth-order valence-corrected chi connectivity index (χ4v) is 3.57. The first kappa shape index (κ1) is 20.0. The third kappa shape index (κ3) is 5.59. The molecule has 0 aliphatic heterocycles. The molecule has 0 spiro atoms. The summed E-state index contributed by atoms with van der Waals surface area (Å²) in [7, 11) is 0. The van der Waals surface area contributed by atoms with Crippen LogP contribution >= 0.6 is 46.6 Å². The van der Waals surface area contributed by atoms with Crippen LogP contribution in [0.5, 0.6) is 0 Å². The van der Waals surface area contributed by atoms with E-state index >= 15 is 0 Å². The standard InChI is InChI=1S/C19H14Cl3N3OS/c1-11-8-17(12-2-4-13(20)5-3-12)25-19(23-11)27-10-18(26)24-16-7-6-14(21)9-15(16)22/h2-9H,10H2,1H3,(H,24,26). The molecule has 0 atom stereocenters. The minimum absolute atomic E-state index is 0.155. The molecule has 27 heavy (non-hydrogen) atoms. The fraction of sp³-hybridized carbons (Fsp3) is 0.105. The highest BCUT2D eigenvalue weighted by atomic mass is 35.5. The Bertz CT molecular complexity index is 980. The van der Waals surface area contributed by atoms with Crippen molar-refractivity contribution in [1.82, 2.24) is 9.97 Å². The maximum atomic E-state index is 12.2. The zero-order valence-electron chi connectivity index (χ0n) is 14.2. The molecule has 1 heterocycles. The quantitative estimate of drug-likeness (QED) is 0.384. The van der Waals surface area contributed by atoms with Gasteiger partial charge in [-0.3, -0.25) is 4.79 Å². The lowest BCUT2D eigenvalue weighted by Gasteiger charge is -2.08. The summed E-state index contributed by atoms with van der Waals surface area (Å²) in [6.45, 7) is 1.89. The van der Waals surface area contributed by atoms with E-state index in [9.17, 15) is 4.79 Å². The molecular formula is C19H14Cl3N3OS. The molecular weight excluding hydrogens is 425 g/mol. The number of nitrogens with zero attached hydrogens (tertiary/aromatic N) is 2. The van der Waals surface area contributed by atoms with Crippen molar-refractivity contribution in [1.29, 1.82) is 0 Å². The number of nitrogens with one attached hydrogen (secondary N) is 1. The number of aromatic nitrogens is 2. The predicted octanol–water partition coefficient (Wildman–Crippen LogP) is 6.14. The van der Waals surface area contributed by atoms with E-state index in [2.05, 4.69) is 15.3 Å². The van der Waals surface area contributed by atoms with Crippen LogP contribution in [0.15, 0.2) is 53.7 Å². The first-order chi connectivity index (χ1) is 12.9. The van der Waals surface area contributed by atoms with Crippen molar-refractivity contribution in [2.45, 2.75) is 12.1 Å². The summed E-state index contributed by atoms with van der Waals surface area (Å²) in [5, 5.41) is 4.84. The number of hydrogen-bond acceptors (Lipinski definition) is 4. The van der Waals surface area contributed by atoms with Crippen molar-refractivity contribution in [3.05, 3.63) is 69.3 Å². The van der Waals surface area contributed by atoms with Crippen molar-refractivity contribution in [2.75, 3.05) is 11.1 Å². The van der Waals surface area contributed by atoms with E-state index in [0.29, 0.717) is 25.9 Å². The molecule has 0 saturated carbocycles. The first-order valence-electron chi connectivity index (χ1n) is 7.90. The van der Waals surface area contributed by atoms with Gasteiger partial charge in [0.15, 0.2) is 5.16 Å².